The third-order valence-corrected chi connectivity index (χ3v) is 2.83. The van der Waals surface area contributed by atoms with Crippen LogP contribution in [0, 0.1) is 0 Å². The van der Waals surface area contributed by atoms with Gasteiger partial charge in [-0.05, 0) is 18.6 Å². The summed E-state index contributed by atoms with van der Waals surface area (Å²) >= 11 is 0. The summed E-state index contributed by atoms with van der Waals surface area (Å²) in [7, 11) is 0. The largest absolute Gasteiger partial charge is 0.369 e. The first kappa shape index (κ1) is 11.6. The standard InChI is InChI=1S/C13H17N3O/c1-2-3-4-9-12(17)16-11-8-6-5-7-10(11)15-13(16)14/h5-8H,2-4,9H2,1H3,(H2,14,15). The van der Waals surface area contributed by atoms with Crippen molar-refractivity contribution in [3.63, 3.8) is 0 Å². The summed E-state index contributed by atoms with van der Waals surface area (Å²) in [5.74, 6) is 0.317. The molecule has 0 saturated carbocycles. The number of carbonyl (C=O) groups is 1. The number of hydrogen-bond acceptors (Lipinski definition) is 3. The van der Waals surface area contributed by atoms with Crippen molar-refractivity contribution >= 4 is 22.9 Å². The Morgan fingerprint density at radius 3 is 2.88 bits per heavy atom. The van der Waals surface area contributed by atoms with E-state index < -0.39 is 0 Å². The molecule has 0 amide bonds. The van der Waals surface area contributed by atoms with Gasteiger partial charge in [0, 0.05) is 6.42 Å². The molecular formula is C13H17N3O. The normalized spacial score (nSPS) is 10.9. The molecule has 0 fully saturated rings. The lowest BCUT2D eigenvalue weighted by Crippen LogP contribution is -2.13. The first-order chi connectivity index (χ1) is 8.24. The van der Waals surface area contributed by atoms with Gasteiger partial charge in [0.25, 0.3) is 0 Å². The molecule has 2 aromatic rings. The smallest absolute Gasteiger partial charge is 0.233 e. The maximum Gasteiger partial charge on any atom is 0.233 e. The second-order valence-corrected chi connectivity index (χ2v) is 4.14. The van der Waals surface area contributed by atoms with Crippen LogP contribution in [-0.2, 0) is 0 Å². The quantitative estimate of drug-likeness (QED) is 0.823. The zero-order valence-electron chi connectivity index (χ0n) is 10.0. The van der Waals surface area contributed by atoms with Crippen LogP contribution in [0.1, 0.15) is 37.4 Å². The molecular weight excluding hydrogens is 214 g/mol. The maximum absolute atomic E-state index is 12.1. The first-order valence-corrected chi connectivity index (χ1v) is 6.00. The number of unbranched alkanes of at least 4 members (excludes halogenated alkanes) is 2. The summed E-state index contributed by atoms with van der Waals surface area (Å²) in [6.07, 6.45) is 3.60. The molecule has 0 radical (unpaired) electrons. The van der Waals surface area contributed by atoms with Gasteiger partial charge in [0.05, 0.1) is 11.0 Å². The number of nitrogens with zero attached hydrogens (tertiary/aromatic N) is 2. The lowest BCUT2D eigenvalue weighted by Gasteiger charge is -2.04. The predicted molar refractivity (Wildman–Crippen MR) is 68.9 cm³/mol. The summed E-state index contributed by atoms with van der Waals surface area (Å²) in [6, 6.07) is 7.51. The molecule has 0 spiro atoms. The van der Waals surface area contributed by atoms with Crippen molar-refractivity contribution < 1.29 is 4.79 Å². The molecule has 2 rings (SSSR count). The first-order valence-electron chi connectivity index (χ1n) is 6.00. The Balaban J connectivity index is 2.28. The van der Waals surface area contributed by atoms with Crippen LogP contribution >= 0.6 is 0 Å². The monoisotopic (exact) mass is 231 g/mol. The number of nitrogen functional groups attached to an aromatic ring is 1. The average molecular weight is 231 g/mol. The van der Waals surface area contributed by atoms with E-state index in [4.69, 9.17) is 5.73 Å². The number of benzene rings is 1. The Kier molecular flexibility index (Phi) is 3.42. The van der Waals surface area contributed by atoms with E-state index in [0.717, 1.165) is 30.3 Å². The Labute approximate surface area is 100 Å². The highest BCUT2D eigenvalue weighted by molar-refractivity contribution is 5.93. The molecule has 4 nitrogen and oxygen atoms in total. The molecule has 0 bridgehead atoms. The molecule has 4 heteroatoms. The summed E-state index contributed by atoms with van der Waals surface area (Å²) in [4.78, 5) is 16.2. The number of imidazole rings is 1. The van der Waals surface area contributed by atoms with E-state index in [-0.39, 0.29) is 11.9 Å². The summed E-state index contributed by atoms with van der Waals surface area (Å²) in [5.41, 5.74) is 7.36. The third kappa shape index (κ3) is 2.30. The number of fused-ring (bicyclic) bond motifs is 1. The Morgan fingerprint density at radius 1 is 1.35 bits per heavy atom. The van der Waals surface area contributed by atoms with Crippen molar-refractivity contribution in [2.45, 2.75) is 32.6 Å². The molecule has 0 aliphatic heterocycles. The Morgan fingerprint density at radius 2 is 2.12 bits per heavy atom. The van der Waals surface area contributed by atoms with Crippen LogP contribution in [0.25, 0.3) is 11.0 Å². The Bertz CT molecular complexity index is 530. The van der Waals surface area contributed by atoms with Crippen LogP contribution in [-0.4, -0.2) is 15.5 Å². The molecule has 1 aromatic carbocycles. The molecule has 0 aliphatic rings. The number of nitrogens with two attached hydrogens (primary N) is 1. The highest BCUT2D eigenvalue weighted by Crippen LogP contribution is 2.18. The number of carbonyl (C=O) groups excluding carboxylic acids is 1. The minimum Gasteiger partial charge on any atom is -0.369 e. The molecule has 0 aliphatic carbocycles. The van der Waals surface area contributed by atoms with Gasteiger partial charge in [-0.25, -0.2) is 9.55 Å². The number of anilines is 1. The van der Waals surface area contributed by atoms with E-state index >= 15 is 0 Å². The molecule has 0 atom stereocenters. The second-order valence-electron chi connectivity index (χ2n) is 4.14. The highest BCUT2D eigenvalue weighted by Gasteiger charge is 2.13. The lowest BCUT2D eigenvalue weighted by atomic mass is 10.2. The van der Waals surface area contributed by atoms with Crippen LogP contribution in [0.2, 0.25) is 0 Å². The van der Waals surface area contributed by atoms with Crippen LogP contribution < -0.4 is 5.73 Å². The average Bonchev–Trinajstić information content (AvgIpc) is 2.65. The van der Waals surface area contributed by atoms with Gasteiger partial charge in [-0.1, -0.05) is 31.9 Å². The highest BCUT2D eigenvalue weighted by atomic mass is 16.2. The van der Waals surface area contributed by atoms with Gasteiger partial charge in [0.2, 0.25) is 11.9 Å². The van der Waals surface area contributed by atoms with E-state index in [0.29, 0.717) is 6.42 Å². The van der Waals surface area contributed by atoms with Crippen LogP contribution in [0.3, 0.4) is 0 Å². The van der Waals surface area contributed by atoms with Crippen LogP contribution in [0.5, 0.6) is 0 Å². The van der Waals surface area contributed by atoms with Crippen molar-refractivity contribution in [1.29, 1.82) is 0 Å². The van der Waals surface area contributed by atoms with Gasteiger partial charge in [-0.2, -0.15) is 0 Å². The molecule has 2 N–H and O–H groups in total. The zero-order chi connectivity index (χ0) is 12.3. The molecule has 0 saturated heterocycles. The summed E-state index contributed by atoms with van der Waals surface area (Å²) in [6.45, 7) is 2.12. The fourth-order valence-corrected chi connectivity index (χ4v) is 1.94. The van der Waals surface area contributed by atoms with Crippen molar-refractivity contribution in [2.75, 3.05) is 5.73 Å². The molecule has 1 heterocycles. The topological polar surface area (TPSA) is 60.9 Å². The summed E-state index contributed by atoms with van der Waals surface area (Å²) in [5, 5.41) is 0. The van der Waals surface area contributed by atoms with Crippen molar-refractivity contribution in [2.24, 2.45) is 0 Å². The number of hydrogen-bond donors (Lipinski definition) is 1. The van der Waals surface area contributed by atoms with E-state index in [9.17, 15) is 4.79 Å². The number of rotatable bonds is 4. The van der Waals surface area contributed by atoms with Gasteiger partial charge < -0.3 is 5.73 Å². The number of para-hydroxylation sites is 2. The van der Waals surface area contributed by atoms with Gasteiger partial charge >= 0.3 is 0 Å². The Hall–Kier alpha value is -1.84. The van der Waals surface area contributed by atoms with Crippen molar-refractivity contribution in [3.8, 4) is 0 Å². The third-order valence-electron chi connectivity index (χ3n) is 2.83. The number of aromatic nitrogens is 2. The van der Waals surface area contributed by atoms with Gasteiger partial charge in [-0.3, -0.25) is 4.79 Å². The van der Waals surface area contributed by atoms with E-state index in [1.807, 2.05) is 24.3 Å². The van der Waals surface area contributed by atoms with Gasteiger partial charge in [0.15, 0.2) is 0 Å². The summed E-state index contributed by atoms with van der Waals surface area (Å²) < 4.78 is 1.52. The van der Waals surface area contributed by atoms with Crippen molar-refractivity contribution in [1.82, 2.24) is 9.55 Å². The second kappa shape index (κ2) is 4.99. The fraction of sp³-hybridized carbons (Fsp3) is 0.385. The lowest BCUT2D eigenvalue weighted by molar-refractivity contribution is 0.0906. The maximum atomic E-state index is 12.1. The fourth-order valence-electron chi connectivity index (χ4n) is 1.94. The molecule has 0 unspecified atom stereocenters. The zero-order valence-corrected chi connectivity index (χ0v) is 10.0. The van der Waals surface area contributed by atoms with Crippen LogP contribution in [0.15, 0.2) is 24.3 Å². The van der Waals surface area contributed by atoms with Gasteiger partial charge in [0.1, 0.15) is 0 Å². The molecule has 90 valence electrons. The molecule has 1 aromatic heterocycles. The van der Waals surface area contributed by atoms with Crippen molar-refractivity contribution in [3.05, 3.63) is 24.3 Å². The predicted octanol–water partition coefficient (Wildman–Crippen LogP) is 2.84. The SMILES string of the molecule is CCCCCC(=O)n1c(N)nc2ccccc21. The van der Waals surface area contributed by atoms with Crippen LogP contribution in [0.4, 0.5) is 5.95 Å². The van der Waals surface area contributed by atoms with E-state index in [2.05, 4.69) is 11.9 Å². The van der Waals surface area contributed by atoms with E-state index in [1.165, 1.54) is 4.57 Å². The van der Waals surface area contributed by atoms with E-state index in [1.54, 1.807) is 0 Å². The minimum atomic E-state index is 0.0321. The molecule has 17 heavy (non-hydrogen) atoms. The minimum absolute atomic E-state index is 0.0321. The van der Waals surface area contributed by atoms with Gasteiger partial charge in [-0.15, -0.1) is 0 Å².